The maximum atomic E-state index is 7.57. The van der Waals surface area contributed by atoms with Crippen molar-refractivity contribution in [2.24, 2.45) is 0 Å². The zero-order valence-corrected chi connectivity index (χ0v) is 15.3. The van der Waals surface area contributed by atoms with E-state index in [0.717, 1.165) is 16.6 Å². The normalized spacial score (nSPS) is 10.8. The van der Waals surface area contributed by atoms with E-state index in [9.17, 15) is 0 Å². The number of rotatable bonds is 5. The lowest BCUT2D eigenvalue weighted by Crippen LogP contribution is -2.03. The highest BCUT2D eigenvalue weighted by Gasteiger charge is 2.11. The molecule has 7 nitrogen and oxygen atoms in total. The van der Waals surface area contributed by atoms with Crippen molar-refractivity contribution < 1.29 is 0 Å². The fraction of sp³-hybridized carbons (Fsp3) is 0.0952. The summed E-state index contributed by atoms with van der Waals surface area (Å²) in [5.74, 6) is 0.995. The lowest BCUT2D eigenvalue weighted by atomic mass is 10.1. The number of nitrogens with two attached hydrogens (primary N) is 1. The molecule has 0 radical (unpaired) electrons. The van der Waals surface area contributed by atoms with E-state index in [2.05, 4.69) is 50.4 Å². The molecule has 0 saturated heterocycles. The van der Waals surface area contributed by atoms with Crippen LogP contribution in [-0.4, -0.2) is 26.2 Å². The number of fused-ring (bicyclic) bond motifs is 1. The van der Waals surface area contributed by atoms with Gasteiger partial charge < -0.3 is 16.5 Å². The molecule has 7 heteroatoms. The first kappa shape index (κ1) is 17.5. The first-order valence-corrected chi connectivity index (χ1v) is 8.81. The number of benzene rings is 2. The van der Waals surface area contributed by atoms with Crippen LogP contribution in [0.3, 0.4) is 0 Å². The summed E-state index contributed by atoms with van der Waals surface area (Å²) in [7, 11) is 0. The van der Waals surface area contributed by atoms with E-state index in [1.54, 1.807) is 6.20 Å². The molecule has 4 N–H and O–H groups in total. The molecule has 2 heterocycles. The van der Waals surface area contributed by atoms with Gasteiger partial charge in [-0.2, -0.15) is 0 Å². The molecule has 0 unspecified atom stereocenters. The van der Waals surface area contributed by atoms with Crippen LogP contribution in [0, 0.1) is 12.3 Å². The van der Waals surface area contributed by atoms with Crippen LogP contribution >= 0.6 is 0 Å². The van der Waals surface area contributed by atoms with Crippen molar-refractivity contribution in [1.29, 1.82) is 5.41 Å². The Bertz CT molecular complexity index is 1170. The predicted molar refractivity (Wildman–Crippen MR) is 111 cm³/mol. The number of aryl methyl sites for hydroxylation is 1. The fourth-order valence-electron chi connectivity index (χ4n) is 3.04. The van der Waals surface area contributed by atoms with Gasteiger partial charge in [0.05, 0.1) is 28.5 Å². The van der Waals surface area contributed by atoms with Gasteiger partial charge in [0.15, 0.2) is 0 Å². The number of hydrogen-bond donors (Lipinski definition) is 3. The molecule has 0 amide bonds. The van der Waals surface area contributed by atoms with Gasteiger partial charge in [0.2, 0.25) is 0 Å². The molecule has 2 aromatic carbocycles. The lowest BCUT2D eigenvalue weighted by Gasteiger charge is -2.09. The molecule has 4 aromatic rings. The molecule has 0 atom stereocenters. The summed E-state index contributed by atoms with van der Waals surface area (Å²) in [5, 5.41) is 10.9. The van der Waals surface area contributed by atoms with Gasteiger partial charge in [-0.15, -0.1) is 0 Å². The number of hydrogen-bond acceptors (Lipinski definition) is 7. The Hall–Kier alpha value is -3.87. The second-order valence-corrected chi connectivity index (χ2v) is 6.47. The van der Waals surface area contributed by atoms with Crippen molar-refractivity contribution >= 4 is 28.9 Å². The molecule has 0 aliphatic carbocycles. The maximum Gasteiger partial charge on any atom is 0.145 e. The second kappa shape index (κ2) is 7.40. The number of aromatic nitrogens is 4. The summed E-state index contributed by atoms with van der Waals surface area (Å²) in [6, 6.07) is 14.0. The van der Waals surface area contributed by atoms with Gasteiger partial charge in [-0.3, -0.25) is 4.98 Å². The Morgan fingerprint density at radius 1 is 1.07 bits per heavy atom. The first-order chi connectivity index (χ1) is 13.6. The van der Waals surface area contributed by atoms with Crippen molar-refractivity contribution in [2.45, 2.75) is 13.5 Å². The van der Waals surface area contributed by atoms with Crippen LogP contribution in [0.1, 0.15) is 16.7 Å². The topological polar surface area (TPSA) is 113 Å². The smallest absolute Gasteiger partial charge is 0.145 e. The molecule has 0 bridgehead atoms. The Kier molecular flexibility index (Phi) is 4.63. The third kappa shape index (κ3) is 3.50. The van der Waals surface area contributed by atoms with E-state index in [1.165, 1.54) is 23.7 Å². The summed E-state index contributed by atoms with van der Waals surface area (Å²) in [6.07, 6.45) is 4.28. The lowest BCUT2D eigenvalue weighted by molar-refractivity contribution is 1.10. The molecule has 138 valence electrons. The first-order valence-electron chi connectivity index (χ1n) is 8.81. The summed E-state index contributed by atoms with van der Waals surface area (Å²) >= 11 is 0. The Morgan fingerprint density at radius 2 is 1.96 bits per heavy atom. The van der Waals surface area contributed by atoms with Gasteiger partial charge in [-0.25, -0.2) is 15.0 Å². The van der Waals surface area contributed by atoms with Crippen molar-refractivity contribution in [2.75, 3.05) is 11.1 Å². The quantitative estimate of drug-likeness (QED) is 0.463. The molecule has 2 aromatic heterocycles. The van der Waals surface area contributed by atoms with Crippen LogP contribution in [0.5, 0.6) is 0 Å². The Labute approximate surface area is 162 Å². The SMILES string of the molecule is Cc1cccc(CNc2cnc3cc(-c4ncnc(N)c4C=N)ccc3n2)c1. The number of nitrogens with one attached hydrogen (secondary N) is 2. The average molecular weight is 369 g/mol. The zero-order chi connectivity index (χ0) is 19.5. The highest BCUT2D eigenvalue weighted by atomic mass is 15.0. The minimum absolute atomic E-state index is 0.280. The monoisotopic (exact) mass is 369 g/mol. The molecule has 0 saturated carbocycles. The van der Waals surface area contributed by atoms with Gasteiger partial charge in [0.25, 0.3) is 0 Å². The zero-order valence-electron chi connectivity index (χ0n) is 15.3. The fourth-order valence-corrected chi connectivity index (χ4v) is 3.04. The summed E-state index contributed by atoms with van der Waals surface area (Å²) in [5.41, 5.74) is 11.7. The minimum Gasteiger partial charge on any atom is -0.383 e. The molecule has 4 rings (SSSR count). The van der Waals surface area contributed by atoms with Crippen LogP contribution in [0.2, 0.25) is 0 Å². The van der Waals surface area contributed by atoms with Gasteiger partial charge in [-0.1, -0.05) is 35.9 Å². The van der Waals surface area contributed by atoms with Crippen LogP contribution in [-0.2, 0) is 6.54 Å². The van der Waals surface area contributed by atoms with E-state index in [4.69, 9.17) is 11.1 Å². The van der Waals surface area contributed by atoms with E-state index in [-0.39, 0.29) is 5.82 Å². The summed E-state index contributed by atoms with van der Waals surface area (Å²) in [4.78, 5) is 17.4. The standard InChI is InChI=1S/C21H19N7/c1-13-3-2-4-14(7-13)10-25-19-11-24-18-8-15(5-6-17(18)28-19)20-16(9-22)21(23)27-12-26-20/h2-9,11-12,22H,10H2,1H3,(H,25,28)(H2,23,26,27). The van der Waals surface area contributed by atoms with Gasteiger partial charge >= 0.3 is 0 Å². The van der Waals surface area contributed by atoms with E-state index >= 15 is 0 Å². The van der Waals surface area contributed by atoms with E-state index < -0.39 is 0 Å². The summed E-state index contributed by atoms with van der Waals surface area (Å²) < 4.78 is 0. The predicted octanol–water partition coefficient (Wildman–Crippen LogP) is 3.59. The van der Waals surface area contributed by atoms with Crippen molar-refractivity contribution in [1.82, 2.24) is 19.9 Å². The average Bonchev–Trinajstić information content (AvgIpc) is 2.71. The van der Waals surface area contributed by atoms with Crippen LogP contribution in [0.15, 0.2) is 55.0 Å². The molecule has 0 aliphatic heterocycles. The molecule has 0 fully saturated rings. The molecular weight excluding hydrogens is 350 g/mol. The van der Waals surface area contributed by atoms with Crippen molar-refractivity contribution in [3.8, 4) is 11.3 Å². The number of nitrogens with zero attached hydrogens (tertiary/aromatic N) is 4. The second-order valence-electron chi connectivity index (χ2n) is 6.47. The van der Waals surface area contributed by atoms with Crippen LogP contribution in [0.25, 0.3) is 22.3 Å². The Morgan fingerprint density at radius 3 is 2.79 bits per heavy atom. The highest BCUT2D eigenvalue weighted by molar-refractivity contribution is 5.93. The largest absolute Gasteiger partial charge is 0.383 e. The highest BCUT2D eigenvalue weighted by Crippen LogP contribution is 2.25. The van der Waals surface area contributed by atoms with Crippen molar-refractivity contribution in [3.63, 3.8) is 0 Å². The summed E-state index contributed by atoms with van der Waals surface area (Å²) in [6.45, 7) is 2.76. The third-order valence-corrected chi connectivity index (χ3v) is 4.43. The molecule has 0 aliphatic rings. The van der Waals surface area contributed by atoms with Crippen molar-refractivity contribution in [3.05, 3.63) is 71.7 Å². The molecule has 28 heavy (non-hydrogen) atoms. The maximum absolute atomic E-state index is 7.57. The van der Waals surface area contributed by atoms with E-state index in [0.29, 0.717) is 23.6 Å². The van der Waals surface area contributed by atoms with Gasteiger partial charge in [0.1, 0.15) is 18.0 Å². The number of anilines is 2. The van der Waals surface area contributed by atoms with Gasteiger partial charge in [0, 0.05) is 18.3 Å². The van der Waals surface area contributed by atoms with Crippen LogP contribution < -0.4 is 11.1 Å². The van der Waals surface area contributed by atoms with Gasteiger partial charge in [-0.05, 0) is 24.6 Å². The Balaban J connectivity index is 1.61. The third-order valence-electron chi connectivity index (χ3n) is 4.43. The molecular formula is C21H19N7. The minimum atomic E-state index is 0.280. The molecule has 0 spiro atoms. The van der Waals surface area contributed by atoms with Crippen LogP contribution in [0.4, 0.5) is 11.6 Å². The number of nitrogen functional groups attached to an aromatic ring is 1. The van der Waals surface area contributed by atoms with E-state index in [1.807, 2.05) is 24.3 Å².